The number of rotatable bonds is 4. The third-order valence-electron chi connectivity index (χ3n) is 2.92. The van der Waals surface area contributed by atoms with E-state index in [1.54, 1.807) is 0 Å². The number of nitrogens with zero attached hydrogens (tertiary/aromatic N) is 1. The molecule has 0 saturated heterocycles. The Hall–Kier alpha value is -1.72. The molecule has 0 aliphatic rings. The van der Waals surface area contributed by atoms with Gasteiger partial charge in [0.2, 0.25) is 0 Å². The highest BCUT2D eigenvalue weighted by Crippen LogP contribution is 2.23. The molecule has 0 saturated carbocycles. The average molecular weight is 305 g/mol. The average Bonchev–Trinajstić information content (AvgIpc) is 2.92. The molecule has 0 aliphatic heterocycles. The number of aromatic nitrogens is 1. The number of aliphatic hydroxyl groups excluding tert-OH is 1. The van der Waals surface area contributed by atoms with Crippen LogP contribution in [0.15, 0.2) is 29.6 Å². The van der Waals surface area contributed by atoms with E-state index in [0.717, 1.165) is 21.8 Å². The van der Waals surface area contributed by atoms with Gasteiger partial charge in [-0.25, -0.2) is 4.98 Å². The zero-order chi connectivity index (χ0) is 15.5. The molecule has 0 aliphatic carbocycles. The van der Waals surface area contributed by atoms with Gasteiger partial charge in [-0.2, -0.15) is 0 Å². The molecule has 1 aromatic heterocycles. The SMILES string of the molecule is CC(C)(C)C(=O)OCc1nc(-c2ccc(CO)cc2)cs1. The fourth-order valence-corrected chi connectivity index (χ4v) is 2.35. The van der Waals surface area contributed by atoms with Gasteiger partial charge in [0.25, 0.3) is 0 Å². The van der Waals surface area contributed by atoms with E-state index in [9.17, 15) is 4.79 Å². The Kier molecular flexibility index (Phi) is 4.75. The number of esters is 1. The number of thiazole rings is 1. The molecule has 1 aromatic carbocycles. The van der Waals surface area contributed by atoms with E-state index in [-0.39, 0.29) is 19.2 Å². The summed E-state index contributed by atoms with van der Waals surface area (Å²) in [4.78, 5) is 16.2. The van der Waals surface area contributed by atoms with Gasteiger partial charge in [0, 0.05) is 10.9 Å². The minimum atomic E-state index is -0.500. The van der Waals surface area contributed by atoms with Gasteiger partial charge in [0.05, 0.1) is 17.7 Å². The Labute approximate surface area is 128 Å². The molecule has 0 atom stereocenters. The Morgan fingerprint density at radius 2 is 1.95 bits per heavy atom. The van der Waals surface area contributed by atoms with Crippen molar-refractivity contribution in [3.63, 3.8) is 0 Å². The van der Waals surface area contributed by atoms with Crippen LogP contribution in [0.4, 0.5) is 0 Å². The van der Waals surface area contributed by atoms with E-state index in [1.165, 1.54) is 11.3 Å². The molecular weight excluding hydrogens is 286 g/mol. The van der Waals surface area contributed by atoms with Crippen LogP contribution < -0.4 is 0 Å². The lowest BCUT2D eigenvalue weighted by Gasteiger charge is -2.15. The number of ether oxygens (including phenoxy) is 1. The highest BCUT2D eigenvalue weighted by Gasteiger charge is 2.23. The summed E-state index contributed by atoms with van der Waals surface area (Å²) < 4.78 is 5.25. The predicted octanol–water partition coefficient (Wildman–Crippen LogP) is 3.39. The number of hydrogen-bond acceptors (Lipinski definition) is 5. The Bertz CT molecular complexity index is 611. The van der Waals surface area contributed by atoms with Gasteiger partial charge in [-0.15, -0.1) is 11.3 Å². The summed E-state index contributed by atoms with van der Waals surface area (Å²) in [6.45, 7) is 5.71. The molecule has 0 bridgehead atoms. The van der Waals surface area contributed by atoms with Crippen LogP contribution in [0.2, 0.25) is 0 Å². The quantitative estimate of drug-likeness (QED) is 0.880. The molecule has 21 heavy (non-hydrogen) atoms. The van der Waals surface area contributed by atoms with Crippen molar-refractivity contribution in [2.45, 2.75) is 34.0 Å². The van der Waals surface area contributed by atoms with Crippen molar-refractivity contribution in [3.8, 4) is 11.3 Å². The summed E-state index contributed by atoms with van der Waals surface area (Å²) in [7, 11) is 0. The molecule has 0 spiro atoms. The van der Waals surface area contributed by atoms with Crippen LogP contribution in [0.5, 0.6) is 0 Å². The topological polar surface area (TPSA) is 59.4 Å². The standard InChI is InChI=1S/C16H19NO3S/c1-16(2,3)15(19)20-9-14-17-13(10-21-14)12-6-4-11(8-18)5-7-12/h4-7,10,18H,8-9H2,1-3H3. The van der Waals surface area contributed by atoms with Crippen LogP contribution in [0, 0.1) is 5.41 Å². The van der Waals surface area contributed by atoms with E-state index in [2.05, 4.69) is 4.98 Å². The largest absolute Gasteiger partial charge is 0.458 e. The van der Waals surface area contributed by atoms with Crippen LogP contribution in [0.3, 0.4) is 0 Å². The predicted molar refractivity (Wildman–Crippen MR) is 82.7 cm³/mol. The number of aliphatic hydroxyl groups is 1. The molecule has 0 radical (unpaired) electrons. The first-order valence-electron chi connectivity index (χ1n) is 6.72. The van der Waals surface area contributed by atoms with Gasteiger partial charge in [-0.05, 0) is 26.3 Å². The lowest BCUT2D eigenvalue weighted by atomic mass is 9.97. The second-order valence-corrected chi connectivity index (χ2v) is 6.75. The number of benzene rings is 1. The summed E-state index contributed by atoms with van der Waals surface area (Å²) in [5.41, 5.74) is 2.21. The van der Waals surface area contributed by atoms with E-state index in [1.807, 2.05) is 50.4 Å². The van der Waals surface area contributed by atoms with Crippen molar-refractivity contribution in [2.24, 2.45) is 5.41 Å². The Balaban J connectivity index is 2.02. The number of carbonyl (C=O) groups excluding carboxylic acids is 1. The second kappa shape index (κ2) is 6.37. The van der Waals surface area contributed by atoms with E-state index >= 15 is 0 Å². The van der Waals surface area contributed by atoms with Crippen molar-refractivity contribution in [1.29, 1.82) is 0 Å². The normalized spacial score (nSPS) is 11.4. The molecular formula is C16H19NO3S. The van der Waals surface area contributed by atoms with Gasteiger partial charge in [0.15, 0.2) is 0 Å². The van der Waals surface area contributed by atoms with Crippen molar-refractivity contribution >= 4 is 17.3 Å². The van der Waals surface area contributed by atoms with Crippen molar-refractivity contribution in [3.05, 3.63) is 40.2 Å². The zero-order valence-electron chi connectivity index (χ0n) is 12.4. The van der Waals surface area contributed by atoms with Gasteiger partial charge in [-0.3, -0.25) is 4.79 Å². The molecule has 1 heterocycles. The van der Waals surface area contributed by atoms with E-state index in [0.29, 0.717) is 0 Å². The van der Waals surface area contributed by atoms with Gasteiger partial charge < -0.3 is 9.84 Å². The molecule has 0 amide bonds. The van der Waals surface area contributed by atoms with Gasteiger partial charge in [0.1, 0.15) is 11.6 Å². The molecule has 2 rings (SSSR count). The molecule has 0 unspecified atom stereocenters. The van der Waals surface area contributed by atoms with Crippen LogP contribution in [0.25, 0.3) is 11.3 Å². The van der Waals surface area contributed by atoms with E-state index < -0.39 is 5.41 Å². The molecule has 1 N–H and O–H groups in total. The van der Waals surface area contributed by atoms with E-state index in [4.69, 9.17) is 9.84 Å². The molecule has 112 valence electrons. The van der Waals surface area contributed by atoms with Crippen LogP contribution in [-0.2, 0) is 22.7 Å². The Morgan fingerprint density at radius 3 is 2.52 bits per heavy atom. The van der Waals surface area contributed by atoms with Gasteiger partial charge >= 0.3 is 5.97 Å². The number of hydrogen-bond donors (Lipinski definition) is 1. The maximum absolute atomic E-state index is 11.7. The first kappa shape index (κ1) is 15.7. The first-order chi connectivity index (χ1) is 9.90. The highest BCUT2D eigenvalue weighted by atomic mass is 32.1. The highest BCUT2D eigenvalue weighted by molar-refractivity contribution is 7.09. The molecule has 2 aromatic rings. The Morgan fingerprint density at radius 1 is 1.29 bits per heavy atom. The maximum atomic E-state index is 11.7. The monoisotopic (exact) mass is 305 g/mol. The smallest absolute Gasteiger partial charge is 0.311 e. The summed E-state index contributed by atoms with van der Waals surface area (Å²) in [6.07, 6.45) is 0. The zero-order valence-corrected chi connectivity index (χ0v) is 13.2. The van der Waals surface area contributed by atoms with Crippen LogP contribution >= 0.6 is 11.3 Å². The molecule has 0 fully saturated rings. The summed E-state index contributed by atoms with van der Waals surface area (Å²) in [6, 6.07) is 7.58. The fourth-order valence-electron chi connectivity index (χ4n) is 1.63. The van der Waals surface area contributed by atoms with Crippen molar-refractivity contribution < 1.29 is 14.6 Å². The third kappa shape index (κ3) is 4.12. The van der Waals surface area contributed by atoms with Crippen molar-refractivity contribution in [2.75, 3.05) is 0 Å². The minimum absolute atomic E-state index is 0.0331. The fraction of sp³-hybridized carbons (Fsp3) is 0.375. The summed E-state index contributed by atoms with van der Waals surface area (Å²) in [5, 5.41) is 11.7. The van der Waals surface area contributed by atoms with Crippen LogP contribution in [-0.4, -0.2) is 16.1 Å². The maximum Gasteiger partial charge on any atom is 0.311 e. The van der Waals surface area contributed by atoms with Crippen LogP contribution in [0.1, 0.15) is 31.3 Å². The second-order valence-electron chi connectivity index (χ2n) is 5.81. The molecule has 4 nitrogen and oxygen atoms in total. The van der Waals surface area contributed by atoms with Gasteiger partial charge in [-0.1, -0.05) is 24.3 Å². The van der Waals surface area contributed by atoms with Crippen molar-refractivity contribution in [1.82, 2.24) is 4.98 Å². The third-order valence-corrected chi connectivity index (χ3v) is 3.75. The minimum Gasteiger partial charge on any atom is -0.458 e. The summed E-state index contributed by atoms with van der Waals surface area (Å²) >= 11 is 1.47. The first-order valence-corrected chi connectivity index (χ1v) is 7.60. The number of carbonyl (C=O) groups is 1. The molecule has 5 heteroatoms. The lowest BCUT2D eigenvalue weighted by molar-refractivity contribution is -0.154. The lowest BCUT2D eigenvalue weighted by Crippen LogP contribution is -2.22. The summed E-state index contributed by atoms with van der Waals surface area (Å²) in [5.74, 6) is -0.230.